The van der Waals surface area contributed by atoms with Gasteiger partial charge in [0.05, 0.1) is 31.2 Å². The number of nitrogens with zero attached hydrogens (tertiary/aromatic N) is 1. The van der Waals surface area contributed by atoms with Gasteiger partial charge in [-0.05, 0) is 48.9 Å². The van der Waals surface area contributed by atoms with E-state index in [9.17, 15) is 17.6 Å². The monoisotopic (exact) mass is 447 g/mol. The number of carbonyl (C=O) groups excluding carboxylic acids is 1. The molecule has 0 atom stereocenters. The van der Waals surface area contributed by atoms with Gasteiger partial charge in [0.1, 0.15) is 11.6 Å². The summed E-state index contributed by atoms with van der Waals surface area (Å²) in [5.74, 6) is -0.615. The van der Waals surface area contributed by atoms with Crippen molar-refractivity contribution in [1.29, 1.82) is 0 Å². The summed E-state index contributed by atoms with van der Waals surface area (Å²) in [5, 5.41) is 0. The Bertz CT molecular complexity index is 1140. The number of ether oxygens (including phenoxy) is 1. The first-order chi connectivity index (χ1) is 14.8. The molecular formula is C22H22FNO6S. The summed E-state index contributed by atoms with van der Waals surface area (Å²) >= 11 is 0. The topological polar surface area (TPSA) is 86.1 Å². The second-order valence-corrected chi connectivity index (χ2v) is 8.49. The lowest BCUT2D eigenvalue weighted by atomic mass is 10.1. The molecule has 0 aliphatic heterocycles. The Balaban J connectivity index is 1.93. The molecule has 0 saturated carbocycles. The molecule has 0 spiro atoms. The fourth-order valence-electron chi connectivity index (χ4n) is 2.90. The van der Waals surface area contributed by atoms with Gasteiger partial charge in [0.2, 0.25) is 0 Å². The summed E-state index contributed by atoms with van der Waals surface area (Å²) in [5.41, 5.74) is 0.492. The number of benzene rings is 2. The Labute approximate surface area is 180 Å². The number of halogens is 1. The second kappa shape index (κ2) is 9.65. The van der Waals surface area contributed by atoms with E-state index in [1.165, 1.54) is 49.5 Å². The Hall–Kier alpha value is -3.33. The number of amides is 1. The zero-order valence-electron chi connectivity index (χ0n) is 17.1. The number of hydrogen-bond acceptors (Lipinski definition) is 6. The SMILES string of the molecule is CCS(=O)(=O)Oc1cc(CN(Cc2ccco2)C(=O)c2ccccc2F)ccc1OC. The van der Waals surface area contributed by atoms with Crippen LogP contribution >= 0.6 is 0 Å². The Kier molecular flexibility index (Phi) is 6.96. The van der Waals surface area contributed by atoms with E-state index in [4.69, 9.17) is 13.3 Å². The molecule has 3 rings (SSSR count). The van der Waals surface area contributed by atoms with Crippen LogP contribution in [-0.4, -0.2) is 32.1 Å². The molecule has 0 saturated heterocycles. The minimum atomic E-state index is -3.78. The molecule has 0 unspecified atom stereocenters. The van der Waals surface area contributed by atoms with Crippen LogP contribution in [0.5, 0.6) is 11.5 Å². The number of rotatable bonds is 9. The molecule has 0 radical (unpaired) electrons. The lowest BCUT2D eigenvalue weighted by Crippen LogP contribution is -2.30. The fraction of sp³-hybridized carbons (Fsp3) is 0.227. The predicted octanol–water partition coefficient (Wildman–Crippen LogP) is 4.00. The van der Waals surface area contributed by atoms with Crippen molar-refractivity contribution in [3.63, 3.8) is 0 Å². The average Bonchev–Trinajstić information content (AvgIpc) is 3.26. The highest BCUT2D eigenvalue weighted by Gasteiger charge is 2.22. The first-order valence-electron chi connectivity index (χ1n) is 9.48. The van der Waals surface area contributed by atoms with Crippen molar-refractivity contribution < 1.29 is 30.9 Å². The zero-order chi connectivity index (χ0) is 22.4. The summed E-state index contributed by atoms with van der Waals surface area (Å²) < 4.78 is 53.7. The Morgan fingerprint density at radius 1 is 1.06 bits per heavy atom. The Morgan fingerprint density at radius 2 is 1.84 bits per heavy atom. The van der Waals surface area contributed by atoms with E-state index in [0.29, 0.717) is 11.3 Å². The van der Waals surface area contributed by atoms with Gasteiger partial charge in [-0.2, -0.15) is 8.42 Å². The molecule has 1 amide bonds. The van der Waals surface area contributed by atoms with E-state index in [0.717, 1.165) is 0 Å². The fourth-order valence-corrected chi connectivity index (χ4v) is 3.42. The van der Waals surface area contributed by atoms with Gasteiger partial charge in [-0.1, -0.05) is 18.2 Å². The van der Waals surface area contributed by atoms with Gasteiger partial charge >= 0.3 is 10.1 Å². The van der Waals surface area contributed by atoms with Crippen LogP contribution in [0.1, 0.15) is 28.6 Å². The standard InChI is InChI=1S/C22H22FNO6S/c1-3-31(26,27)30-21-13-16(10-11-20(21)28-2)14-24(15-17-7-6-12-29-17)22(25)18-8-4-5-9-19(18)23/h4-13H,3,14-15H2,1-2H3. The first kappa shape index (κ1) is 22.4. The molecule has 1 aromatic heterocycles. The van der Waals surface area contributed by atoms with Gasteiger partial charge in [-0.25, -0.2) is 4.39 Å². The van der Waals surface area contributed by atoms with E-state index in [1.54, 1.807) is 30.3 Å². The highest BCUT2D eigenvalue weighted by atomic mass is 32.2. The molecule has 2 aromatic carbocycles. The molecule has 0 aliphatic carbocycles. The average molecular weight is 447 g/mol. The third kappa shape index (κ3) is 5.64. The van der Waals surface area contributed by atoms with E-state index >= 15 is 0 Å². The number of furan rings is 1. The summed E-state index contributed by atoms with van der Waals surface area (Å²) in [7, 11) is -2.39. The summed E-state index contributed by atoms with van der Waals surface area (Å²) in [6, 6.07) is 13.8. The molecule has 0 aliphatic rings. The number of carbonyl (C=O) groups is 1. The number of methoxy groups -OCH3 is 1. The smallest absolute Gasteiger partial charge is 0.309 e. The third-order valence-electron chi connectivity index (χ3n) is 4.49. The molecule has 3 aromatic rings. The summed E-state index contributed by atoms with van der Waals surface area (Å²) in [6.07, 6.45) is 1.48. The van der Waals surface area contributed by atoms with Crippen LogP contribution in [0.25, 0.3) is 0 Å². The lowest BCUT2D eigenvalue weighted by Gasteiger charge is -2.23. The van der Waals surface area contributed by atoms with E-state index in [2.05, 4.69) is 0 Å². The number of hydrogen-bond donors (Lipinski definition) is 0. The van der Waals surface area contributed by atoms with Crippen molar-refractivity contribution in [3.05, 3.63) is 83.6 Å². The minimum Gasteiger partial charge on any atom is -0.493 e. The van der Waals surface area contributed by atoms with Crippen molar-refractivity contribution in [1.82, 2.24) is 4.90 Å². The zero-order valence-corrected chi connectivity index (χ0v) is 17.9. The highest BCUT2D eigenvalue weighted by molar-refractivity contribution is 7.87. The van der Waals surface area contributed by atoms with E-state index in [1.807, 2.05) is 0 Å². The van der Waals surface area contributed by atoms with Crippen molar-refractivity contribution >= 4 is 16.0 Å². The van der Waals surface area contributed by atoms with Crippen molar-refractivity contribution in [3.8, 4) is 11.5 Å². The molecule has 31 heavy (non-hydrogen) atoms. The van der Waals surface area contributed by atoms with Crippen molar-refractivity contribution in [2.45, 2.75) is 20.0 Å². The van der Waals surface area contributed by atoms with Gasteiger partial charge in [0, 0.05) is 6.54 Å². The van der Waals surface area contributed by atoms with Gasteiger partial charge in [-0.3, -0.25) is 4.79 Å². The van der Waals surface area contributed by atoms with Crippen LogP contribution in [0.2, 0.25) is 0 Å². The molecule has 7 nitrogen and oxygen atoms in total. The molecular weight excluding hydrogens is 425 g/mol. The summed E-state index contributed by atoms with van der Waals surface area (Å²) in [4.78, 5) is 14.5. The minimum absolute atomic E-state index is 0.0122. The molecule has 1 heterocycles. The molecule has 0 bridgehead atoms. The predicted molar refractivity (Wildman–Crippen MR) is 112 cm³/mol. The second-order valence-electron chi connectivity index (χ2n) is 6.64. The largest absolute Gasteiger partial charge is 0.493 e. The first-order valence-corrected chi connectivity index (χ1v) is 11.1. The van der Waals surface area contributed by atoms with Crippen LogP contribution < -0.4 is 8.92 Å². The van der Waals surface area contributed by atoms with Crippen molar-refractivity contribution in [2.75, 3.05) is 12.9 Å². The van der Waals surface area contributed by atoms with Gasteiger partial charge in [0.15, 0.2) is 11.5 Å². The van der Waals surface area contributed by atoms with Crippen LogP contribution in [0, 0.1) is 5.82 Å². The maximum Gasteiger partial charge on any atom is 0.309 e. The third-order valence-corrected chi connectivity index (χ3v) is 5.63. The van der Waals surface area contributed by atoms with E-state index in [-0.39, 0.29) is 35.9 Å². The van der Waals surface area contributed by atoms with Gasteiger partial charge in [-0.15, -0.1) is 0 Å². The molecule has 164 valence electrons. The highest BCUT2D eigenvalue weighted by Crippen LogP contribution is 2.30. The van der Waals surface area contributed by atoms with Crippen LogP contribution in [0.4, 0.5) is 4.39 Å². The molecule has 0 N–H and O–H groups in total. The van der Waals surface area contributed by atoms with Crippen molar-refractivity contribution in [2.24, 2.45) is 0 Å². The summed E-state index contributed by atoms with van der Waals surface area (Å²) in [6.45, 7) is 1.61. The van der Waals surface area contributed by atoms with Crippen LogP contribution in [0.15, 0.2) is 65.3 Å². The van der Waals surface area contributed by atoms with Gasteiger partial charge in [0.25, 0.3) is 5.91 Å². The molecule has 9 heteroatoms. The van der Waals surface area contributed by atoms with Crippen LogP contribution in [0.3, 0.4) is 0 Å². The quantitative estimate of drug-likeness (QED) is 0.461. The lowest BCUT2D eigenvalue weighted by molar-refractivity contribution is 0.0712. The van der Waals surface area contributed by atoms with E-state index < -0.39 is 21.8 Å². The Morgan fingerprint density at radius 3 is 2.48 bits per heavy atom. The van der Waals surface area contributed by atoms with Gasteiger partial charge < -0.3 is 18.2 Å². The van der Waals surface area contributed by atoms with Crippen LogP contribution in [-0.2, 0) is 23.2 Å². The normalized spacial score (nSPS) is 11.2. The maximum absolute atomic E-state index is 14.2. The molecule has 0 fully saturated rings. The maximum atomic E-state index is 14.2.